The molecule has 200 valence electrons. The zero-order valence-electron chi connectivity index (χ0n) is 20.0. The zero-order valence-corrected chi connectivity index (χ0v) is 20.8. The van der Waals surface area contributed by atoms with Gasteiger partial charge in [-0.25, -0.2) is 18.2 Å². The van der Waals surface area contributed by atoms with E-state index in [4.69, 9.17) is 14.6 Å². The molecule has 12 heteroatoms. The van der Waals surface area contributed by atoms with Crippen LogP contribution in [0.2, 0.25) is 0 Å². The van der Waals surface area contributed by atoms with Crippen LogP contribution in [0, 0.1) is 0 Å². The normalized spacial score (nSPS) is 14.2. The van der Waals surface area contributed by atoms with Gasteiger partial charge in [0.2, 0.25) is 10.0 Å². The number of nitrogens with zero attached hydrogens (tertiary/aromatic N) is 2. The molecule has 0 bridgehead atoms. The number of aliphatic carboxylic acids is 1. The second-order valence-corrected chi connectivity index (χ2v) is 10.4. The van der Waals surface area contributed by atoms with Crippen LogP contribution in [0.4, 0.5) is 13.2 Å². The third-order valence-electron chi connectivity index (χ3n) is 5.84. The van der Waals surface area contributed by atoms with Crippen molar-refractivity contribution in [1.29, 1.82) is 0 Å². The molecule has 0 saturated carbocycles. The molecular formula is C26H24F3N3O5S. The minimum Gasteiger partial charge on any atom is -0.487 e. The van der Waals surface area contributed by atoms with Gasteiger partial charge < -0.3 is 14.8 Å². The lowest BCUT2D eigenvalue weighted by atomic mass is 10.0. The van der Waals surface area contributed by atoms with Crippen molar-refractivity contribution in [3.8, 4) is 16.9 Å². The van der Waals surface area contributed by atoms with E-state index in [1.54, 1.807) is 22.6 Å². The molecule has 0 amide bonds. The molecule has 2 aromatic carbocycles. The monoisotopic (exact) mass is 547 g/mol. The quantitative estimate of drug-likeness (QED) is 0.342. The van der Waals surface area contributed by atoms with E-state index in [2.05, 4.69) is 9.97 Å². The van der Waals surface area contributed by atoms with E-state index < -0.39 is 22.2 Å². The van der Waals surface area contributed by atoms with Gasteiger partial charge in [0.15, 0.2) is 0 Å². The Kier molecular flexibility index (Phi) is 8.02. The highest BCUT2D eigenvalue weighted by Crippen LogP contribution is 2.30. The summed E-state index contributed by atoms with van der Waals surface area (Å²) < 4.78 is 64.7. The second kappa shape index (κ2) is 11.2. The molecule has 3 heterocycles. The first-order valence-corrected chi connectivity index (χ1v) is 13.0. The van der Waals surface area contributed by atoms with E-state index in [9.17, 15) is 21.6 Å². The molecule has 1 saturated heterocycles. The third kappa shape index (κ3) is 6.32. The fraction of sp³-hybridized carbons (Fsp3) is 0.231. The fourth-order valence-electron chi connectivity index (χ4n) is 3.97. The van der Waals surface area contributed by atoms with Gasteiger partial charge in [0.25, 0.3) is 0 Å². The fourth-order valence-corrected chi connectivity index (χ4v) is 5.49. The lowest BCUT2D eigenvalue weighted by molar-refractivity contribution is -0.192. The van der Waals surface area contributed by atoms with Crippen LogP contribution >= 0.6 is 0 Å². The first kappa shape index (κ1) is 27.1. The first-order chi connectivity index (χ1) is 18.1. The van der Waals surface area contributed by atoms with Crippen molar-refractivity contribution in [3.63, 3.8) is 0 Å². The van der Waals surface area contributed by atoms with Gasteiger partial charge >= 0.3 is 12.1 Å². The van der Waals surface area contributed by atoms with Crippen LogP contribution < -0.4 is 4.74 Å². The van der Waals surface area contributed by atoms with Gasteiger partial charge in [0, 0.05) is 24.7 Å². The number of hydrogen-bond donors (Lipinski definition) is 2. The SMILES string of the molecule is O=C(O)C(F)(F)F.O=S(=O)(c1ccc(-c2ccnc3[nH]c(COc4ccccc4)cc23)cc1)N1CCCC1. The molecule has 0 spiro atoms. The molecule has 8 nitrogen and oxygen atoms in total. The highest BCUT2D eigenvalue weighted by molar-refractivity contribution is 7.89. The maximum Gasteiger partial charge on any atom is 0.490 e. The van der Waals surface area contributed by atoms with Gasteiger partial charge in [0.1, 0.15) is 18.0 Å². The molecule has 1 aliphatic heterocycles. The minimum atomic E-state index is -5.08. The summed E-state index contributed by atoms with van der Waals surface area (Å²) in [5.74, 6) is -1.95. The maximum atomic E-state index is 12.8. The van der Waals surface area contributed by atoms with Crippen LogP contribution in [0.1, 0.15) is 18.5 Å². The number of hydrogen-bond acceptors (Lipinski definition) is 5. The smallest absolute Gasteiger partial charge is 0.487 e. The molecule has 4 aromatic rings. The number of carbonyl (C=O) groups is 1. The third-order valence-corrected chi connectivity index (χ3v) is 7.75. The summed E-state index contributed by atoms with van der Waals surface area (Å²) >= 11 is 0. The summed E-state index contributed by atoms with van der Waals surface area (Å²) in [5, 5.41) is 8.10. The molecule has 38 heavy (non-hydrogen) atoms. The highest BCUT2D eigenvalue weighted by atomic mass is 32.2. The second-order valence-electron chi connectivity index (χ2n) is 8.46. The summed E-state index contributed by atoms with van der Waals surface area (Å²) in [6, 6.07) is 20.8. The Morgan fingerprint density at radius 1 is 1.03 bits per heavy atom. The Bertz CT molecular complexity index is 1500. The van der Waals surface area contributed by atoms with Crippen molar-refractivity contribution < 1.29 is 36.2 Å². The maximum absolute atomic E-state index is 12.8. The van der Waals surface area contributed by atoms with Crippen molar-refractivity contribution in [3.05, 3.63) is 78.6 Å². The Balaban J connectivity index is 0.000000426. The average Bonchev–Trinajstić information content (AvgIpc) is 3.58. The molecule has 0 unspecified atom stereocenters. The molecule has 5 rings (SSSR count). The number of para-hydroxylation sites is 1. The van der Waals surface area contributed by atoms with Crippen molar-refractivity contribution >= 4 is 27.0 Å². The summed E-state index contributed by atoms with van der Waals surface area (Å²) in [4.78, 5) is 17.0. The van der Waals surface area contributed by atoms with E-state index in [1.807, 2.05) is 54.6 Å². The number of carboxylic acids is 1. The molecule has 0 aliphatic carbocycles. The van der Waals surface area contributed by atoms with Gasteiger partial charge in [-0.1, -0.05) is 30.3 Å². The number of nitrogens with one attached hydrogen (secondary N) is 1. The Hall–Kier alpha value is -3.90. The van der Waals surface area contributed by atoms with Crippen LogP contribution in [0.5, 0.6) is 5.75 Å². The molecular weight excluding hydrogens is 523 g/mol. The van der Waals surface area contributed by atoms with Gasteiger partial charge in [0.05, 0.1) is 10.6 Å². The first-order valence-electron chi connectivity index (χ1n) is 11.6. The van der Waals surface area contributed by atoms with Crippen molar-refractivity contribution in [2.45, 2.75) is 30.5 Å². The number of alkyl halides is 3. The number of pyridine rings is 1. The molecule has 1 aliphatic rings. The lowest BCUT2D eigenvalue weighted by Gasteiger charge is -2.15. The lowest BCUT2D eigenvalue weighted by Crippen LogP contribution is -2.27. The highest BCUT2D eigenvalue weighted by Gasteiger charge is 2.38. The van der Waals surface area contributed by atoms with Gasteiger partial charge in [-0.05, 0) is 60.4 Å². The van der Waals surface area contributed by atoms with Gasteiger partial charge in [-0.3, -0.25) is 0 Å². The van der Waals surface area contributed by atoms with E-state index in [0.717, 1.165) is 46.4 Å². The number of H-pyrrole nitrogens is 1. The number of aromatic nitrogens is 2. The van der Waals surface area contributed by atoms with E-state index in [-0.39, 0.29) is 0 Å². The number of ether oxygens (including phenoxy) is 1. The number of halogens is 3. The number of fused-ring (bicyclic) bond motifs is 1. The molecule has 2 aromatic heterocycles. The molecule has 0 radical (unpaired) electrons. The Labute approximate surface area is 216 Å². The predicted molar refractivity (Wildman–Crippen MR) is 134 cm³/mol. The molecule has 1 fully saturated rings. The Morgan fingerprint density at radius 2 is 1.66 bits per heavy atom. The summed E-state index contributed by atoms with van der Waals surface area (Å²) in [6.07, 6.45) is -1.48. The number of carboxylic acid groups (broad SMARTS) is 1. The molecule has 2 N–H and O–H groups in total. The van der Waals surface area contributed by atoms with Crippen molar-refractivity contribution in [2.24, 2.45) is 0 Å². The minimum absolute atomic E-state index is 0.342. The van der Waals surface area contributed by atoms with Crippen LogP contribution in [0.25, 0.3) is 22.2 Å². The number of sulfonamides is 1. The van der Waals surface area contributed by atoms with Crippen LogP contribution in [-0.4, -0.2) is 53.0 Å². The van der Waals surface area contributed by atoms with Crippen molar-refractivity contribution in [1.82, 2.24) is 14.3 Å². The Morgan fingerprint density at radius 3 is 2.26 bits per heavy atom. The largest absolute Gasteiger partial charge is 0.490 e. The van der Waals surface area contributed by atoms with Crippen LogP contribution in [0.3, 0.4) is 0 Å². The van der Waals surface area contributed by atoms with Crippen LogP contribution in [0.15, 0.2) is 77.8 Å². The number of aromatic amines is 1. The van der Waals surface area contributed by atoms with E-state index in [0.29, 0.717) is 24.6 Å². The topological polar surface area (TPSA) is 113 Å². The van der Waals surface area contributed by atoms with Crippen LogP contribution in [-0.2, 0) is 21.4 Å². The summed E-state index contributed by atoms with van der Waals surface area (Å²) in [6.45, 7) is 1.62. The summed E-state index contributed by atoms with van der Waals surface area (Å²) in [5.41, 5.74) is 3.64. The molecule has 0 atom stereocenters. The van der Waals surface area contributed by atoms with E-state index >= 15 is 0 Å². The zero-order chi connectivity index (χ0) is 27.3. The number of rotatable bonds is 6. The van der Waals surface area contributed by atoms with Crippen molar-refractivity contribution in [2.75, 3.05) is 13.1 Å². The van der Waals surface area contributed by atoms with Gasteiger partial charge in [-0.2, -0.15) is 17.5 Å². The summed E-state index contributed by atoms with van der Waals surface area (Å²) in [7, 11) is -3.41. The van der Waals surface area contributed by atoms with E-state index in [1.165, 1.54) is 0 Å². The standard InChI is InChI=1S/C24H23N3O3S.C2HF3O2/c28-31(29,27-14-4-5-15-27)21-10-8-18(9-11-21)22-12-13-25-24-23(22)16-19(26-24)17-30-20-6-2-1-3-7-20;3-2(4,5)1(6)7/h1-3,6-13,16H,4-5,14-15,17H2,(H,25,26);(H,6,7). The predicted octanol–water partition coefficient (Wildman–Crippen LogP) is 5.23. The number of benzene rings is 2. The average molecular weight is 548 g/mol. The van der Waals surface area contributed by atoms with Gasteiger partial charge in [-0.15, -0.1) is 0 Å².